The van der Waals surface area contributed by atoms with Crippen LogP contribution in [0.2, 0.25) is 0 Å². The second-order valence-corrected chi connectivity index (χ2v) is 3.93. The van der Waals surface area contributed by atoms with Crippen molar-refractivity contribution in [2.45, 2.75) is 25.3 Å². The average molecular weight is 272 g/mol. The molecule has 1 saturated heterocycles. The number of nitrogens with one attached hydrogen (secondary N) is 1. The zero-order valence-electron chi connectivity index (χ0n) is 10.3. The average Bonchev–Trinajstić information content (AvgIpc) is 2.69. The zero-order valence-corrected chi connectivity index (χ0v) is 10.3. The van der Waals surface area contributed by atoms with Crippen molar-refractivity contribution in [3.05, 3.63) is 0 Å². The number of carbonyl (C=O) groups excluding carboxylic acids is 4. The highest BCUT2D eigenvalue weighted by Gasteiger charge is 2.32. The van der Waals surface area contributed by atoms with Crippen LogP contribution in [0.1, 0.15) is 19.3 Å². The quantitative estimate of drug-likeness (QED) is 0.449. The standard InChI is InChI=1S/C10H16N4O5/c11-5-6(12)10(18)13-4-3-9(17)19-14-7(15)1-2-8(14)16/h6H,1-5,11-12H2,(H,13,18). The molecule has 0 radical (unpaired) electrons. The van der Waals surface area contributed by atoms with E-state index in [1.807, 2.05) is 0 Å². The van der Waals surface area contributed by atoms with Crippen molar-refractivity contribution in [3.63, 3.8) is 0 Å². The van der Waals surface area contributed by atoms with E-state index in [9.17, 15) is 19.2 Å². The van der Waals surface area contributed by atoms with E-state index < -0.39 is 29.7 Å². The molecule has 1 atom stereocenters. The summed E-state index contributed by atoms with van der Waals surface area (Å²) in [6.07, 6.45) is -0.109. The number of hydrogen-bond donors (Lipinski definition) is 3. The van der Waals surface area contributed by atoms with Gasteiger partial charge in [-0.15, -0.1) is 5.06 Å². The minimum Gasteiger partial charge on any atom is -0.354 e. The summed E-state index contributed by atoms with van der Waals surface area (Å²) in [5, 5.41) is 2.83. The van der Waals surface area contributed by atoms with Crippen LogP contribution in [-0.4, -0.2) is 47.9 Å². The van der Waals surface area contributed by atoms with Gasteiger partial charge < -0.3 is 21.6 Å². The molecule has 9 heteroatoms. The van der Waals surface area contributed by atoms with Crippen LogP contribution in [0, 0.1) is 0 Å². The third-order valence-corrected chi connectivity index (χ3v) is 2.42. The summed E-state index contributed by atoms with van der Waals surface area (Å²) in [5.41, 5.74) is 10.5. The predicted molar refractivity (Wildman–Crippen MR) is 61.8 cm³/mol. The summed E-state index contributed by atoms with van der Waals surface area (Å²) < 4.78 is 0. The fraction of sp³-hybridized carbons (Fsp3) is 0.600. The Morgan fingerprint density at radius 3 is 2.42 bits per heavy atom. The maximum absolute atomic E-state index is 11.3. The van der Waals surface area contributed by atoms with E-state index in [-0.39, 0.29) is 32.4 Å². The van der Waals surface area contributed by atoms with Gasteiger partial charge in [-0.1, -0.05) is 0 Å². The summed E-state index contributed by atoms with van der Waals surface area (Å²) in [4.78, 5) is 49.5. The Bertz CT molecular complexity index is 381. The van der Waals surface area contributed by atoms with E-state index in [1.54, 1.807) is 0 Å². The molecule has 1 fully saturated rings. The highest BCUT2D eigenvalue weighted by atomic mass is 16.7. The maximum Gasteiger partial charge on any atom is 0.334 e. The van der Waals surface area contributed by atoms with Crippen LogP contribution in [0.4, 0.5) is 0 Å². The number of hydroxylamine groups is 2. The highest BCUT2D eigenvalue weighted by Crippen LogP contribution is 2.12. The lowest BCUT2D eigenvalue weighted by atomic mass is 10.3. The van der Waals surface area contributed by atoms with Crippen molar-refractivity contribution in [1.29, 1.82) is 0 Å². The van der Waals surface area contributed by atoms with Gasteiger partial charge >= 0.3 is 5.97 Å². The predicted octanol–water partition coefficient (Wildman–Crippen LogP) is -2.61. The van der Waals surface area contributed by atoms with Crippen LogP contribution in [-0.2, 0) is 24.0 Å². The molecule has 0 aliphatic carbocycles. The van der Waals surface area contributed by atoms with E-state index >= 15 is 0 Å². The van der Waals surface area contributed by atoms with Crippen molar-refractivity contribution in [1.82, 2.24) is 10.4 Å². The van der Waals surface area contributed by atoms with Crippen LogP contribution in [0.25, 0.3) is 0 Å². The first-order chi connectivity index (χ1) is 8.95. The molecule has 0 aromatic carbocycles. The van der Waals surface area contributed by atoms with E-state index in [2.05, 4.69) is 10.2 Å². The molecule has 5 N–H and O–H groups in total. The van der Waals surface area contributed by atoms with Gasteiger partial charge in [-0.2, -0.15) is 0 Å². The van der Waals surface area contributed by atoms with E-state index in [4.69, 9.17) is 11.5 Å². The lowest BCUT2D eigenvalue weighted by Gasteiger charge is -2.13. The molecule has 19 heavy (non-hydrogen) atoms. The molecule has 9 nitrogen and oxygen atoms in total. The topological polar surface area (TPSA) is 145 Å². The van der Waals surface area contributed by atoms with E-state index in [0.717, 1.165) is 0 Å². The number of imide groups is 1. The number of nitrogens with two attached hydrogens (primary N) is 2. The van der Waals surface area contributed by atoms with Crippen LogP contribution < -0.4 is 16.8 Å². The summed E-state index contributed by atoms with van der Waals surface area (Å²) in [6, 6.07) is -0.835. The van der Waals surface area contributed by atoms with Crippen molar-refractivity contribution in [2.24, 2.45) is 11.5 Å². The number of carbonyl (C=O) groups is 4. The number of nitrogens with zero attached hydrogens (tertiary/aromatic N) is 1. The Morgan fingerprint density at radius 2 is 1.89 bits per heavy atom. The largest absolute Gasteiger partial charge is 0.354 e. The summed E-state index contributed by atoms with van der Waals surface area (Å²) in [5.74, 6) is -2.37. The van der Waals surface area contributed by atoms with Gasteiger partial charge in [-0.3, -0.25) is 14.4 Å². The zero-order chi connectivity index (χ0) is 14.4. The van der Waals surface area contributed by atoms with Gasteiger partial charge in [0, 0.05) is 25.9 Å². The lowest BCUT2D eigenvalue weighted by Crippen LogP contribution is -2.46. The normalized spacial score (nSPS) is 16.4. The maximum atomic E-state index is 11.3. The molecule has 0 saturated carbocycles. The molecule has 0 spiro atoms. The monoisotopic (exact) mass is 272 g/mol. The molecule has 0 bridgehead atoms. The first kappa shape index (κ1) is 15.1. The number of rotatable bonds is 6. The van der Waals surface area contributed by atoms with Crippen LogP contribution >= 0.6 is 0 Å². The molecule has 3 amide bonds. The lowest BCUT2D eigenvalue weighted by molar-refractivity contribution is -0.197. The molecule has 106 valence electrons. The summed E-state index contributed by atoms with van der Waals surface area (Å²) in [7, 11) is 0. The van der Waals surface area contributed by atoms with Gasteiger partial charge in [0.25, 0.3) is 11.8 Å². The molecule has 0 aromatic heterocycles. The number of hydrogen-bond acceptors (Lipinski definition) is 7. The molecule has 1 heterocycles. The molecule has 1 unspecified atom stereocenters. The highest BCUT2D eigenvalue weighted by molar-refractivity contribution is 6.01. The Morgan fingerprint density at radius 1 is 1.32 bits per heavy atom. The number of amides is 3. The van der Waals surface area contributed by atoms with E-state index in [0.29, 0.717) is 5.06 Å². The second-order valence-electron chi connectivity index (χ2n) is 3.93. The SMILES string of the molecule is NCC(N)C(=O)NCCC(=O)ON1C(=O)CCC1=O. The van der Waals surface area contributed by atoms with Crippen molar-refractivity contribution >= 4 is 23.7 Å². The molecule has 1 aliphatic heterocycles. The Kier molecular flexibility index (Phi) is 5.39. The molecule has 1 aliphatic rings. The minimum atomic E-state index is -0.835. The van der Waals surface area contributed by atoms with Crippen LogP contribution in [0.15, 0.2) is 0 Å². The Hall–Kier alpha value is -2.00. The molecular formula is C10H16N4O5. The van der Waals surface area contributed by atoms with Crippen molar-refractivity contribution in [2.75, 3.05) is 13.1 Å². The first-order valence-corrected chi connectivity index (χ1v) is 5.75. The van der Waals surface area contributed by atoms with Crippen LogP contribution in [0.3, 0.4) is 0 Å². The van der Waals surface area contributed by atoms with Crippen molar-refractivity contribution in [3.8, 4) is 0 Å². The third kappa shape index (κ3) is 4.30. The van der Waals surface area contributed by atoms with Gasteiger partial charge in [0.2, 0.25) is 5.91 Å². The Balaban J connectivity index is 2.27. The smallest absolute Gasteiger partial charge is 0.334 e. The molecule has 1 rings (SSSR count). The Labute approximate surface area is 109 Å². The second kappa shape index (κ2) is 6.81. The summed E-state index contributed by atoms with van der Waals surface area (Å²) in [6.45, 7) is -0.0192. The van der Waals surface area contributed by atoms with Crippen molar-refractivity contribution < 1.29 is 24.0 Å². The van der Waals surface area contributed by atoms with Gasteiger partial charge in [0.15, 0.2) is 0 Å². The van der Waals surface area contributed by atoms with E-state index in [1.165, 1.54) is 0 Å². The fourth-order valence-electron chi connectivity index (χ4n) is 1.33. The first-order valence-electron chi connectivity index (χ1n) is 5.75. The molecule has 0 aromatic rings. The fourth-order valence-corrected chi connectivity index (χ4v) is 1.33. The van der Waals surface area contributed by atoms with Gasteiger partial charge in [-0.25, -0.2) is 4.79 Å². The minimum absolute atomic E-state index is 0.00688. The van der Waals surface area contributed by atoms with Gasteiger partial charge in [0.05, 0.1) is 12.5 Å². The van der Waals surface area contributed by atoms with Gasteiger partial charge in [-0.05, 0) is 0 Å². The molecular weight excluding hydrogens is 256 g/mol. The van der Waals surface area contributed by atoms with Crippen LogP contribution in [0.5, 0.6) is 0 Å². The third-order valence-electron chi connectivity index (χ3n) is 2.42. The van der Waals surface area contributed by atoms with Gasteiger partial charge in [0.1, 0.15) is 0 Å². The summed E-state index contributed by atoms with van der Waals surface area (Å²) >= 11 is 0.